The Morgan fingerprint density at radius 2 is 2.31 bits per heavy atom. The second kappa shape index (κ2) is 4.20. The molecule has 1 aromatic heterocycles. The maximum Gasteiger partial charge on any atom is 0.0930 e. The highest BCUT2D eigenvalue weighted by atomic mass is 32.1. The van der Waals surface area contributed by atoms with Crippen molar-refractivity contribution < 1.29 is 0 Å². The van der Waals surface area contributed by atoms with E-state index >= 15 is 0 Å². The van der Waals surface area contributed by atoms with Gasteiger partial charge in [-0.3, -0.25) is 0 Å². The molecule has 2 N–H and O–H groups in total. The molecule has 1 rings (SSSR count). The molecule has 1 heterocycles. The lowest BCUT2D eigenvalue weighted by Crippen LogP contribution is -2.34. The van der Waals surface area contributed by atoms with Gasteiger partial charge in [-0.25, -0.2) is 4.98 Å². The maximum absolute atomic E-state index is 5.80. The molecule has 0 bridgehead atoms. The molecule has 13 heavy (non-hydrogen) atoms. The van der Waals surface area contributed by atoms with Crippen LogP contribution in [0.2, 0.25) is 0 Å². The topological polar surface area (TPSA) is 38.9 Å². The first-order valence-corrected chi connectivity index (χ1v) is 5.55. The highest BCUT2D eigenvalue weighted by molar-refractivity contribution is 7.09. The summed E-state index contributed by atoms with van der Waals surface area (Å²) >= 11 is 1.72. The van der Waals surface area contributed by atoms with Crippen LogP contribution in [0.1, 0.15) is 25.8 Å². The number of aromatic nitrogens is 1. The number of nitrogens with zero attached hydrogens (tertiary/aromatic N) is 1. The second-order valence-electron chi connectivity index (χ2n) is 4.12. The molecule has 0 saturated heterocycles. The molecule has 3 heteroatoms. The van der Waals surface area contributed by atoms with Crippen LogP contribution in [0.4, 0.5) is 0 Å². The van der Waals surface area contributed by atoms with Gasteiger partial charge in [0.25, 0.3) is 0 Å². The van der Waals surface area contributed by atoms with Gasteiger partial charge in [-0.05, 0) is 17.9 Å². The van der Waals surface area contributed by atoms with Crippen LogP contribution >= 0.6 is 11.3 Å². The molecule has 0 aliphatic rings. The van der Waals surface area contributed by atoms with E-state index in [0.717, 1.165) is 13.0 Å². The van der Waals surface area contributed by atoms with Gasteiger partial charge in [0.1, 0.15) is 0 Å². The Morgan fingerprint density at radius 3 is 2.69 bits per heavy atom. The van der Waals surface area contributed by atoms with E-state index < -0.39 is 0 Å². The molecule has 1 unspecified atom stereocenters. The average molecular weight is 198 g/mol. The Bertz CT molecular complexity index is 243. The Hall–Kier alpha value is -0.410. The lowest BCUT2D eigenvalue weighted by atomic mass is 9.76. The molecular formula is C10H18N2S. The van der Waals surface area contributed by atoms with Crippen molar-refractivity contribution >= 4 is 11.3 Å². The fourth-order valence-electron chi connectivity index (χ4n) is 1.20. The summed E-state index contributed by atoms with van der Waals surface area (Å²) in [6.07, 6.45) is 2.86. The fraction of sp³-hybridized carbons (Fsp3) is 0.700. The molecule has 0 radical (unpaired) electrons. The van der Waals surface area contributed by atoms with Crippen LogP contribution < -0.4 is 5.73 Å². The second-order valence-corrected chi connectivity index (χ2v) is 5.09. The van der Waals surface area contributed by atoms with Crippen molar-refractivity contribution in [3.63, 3.8) is 0 Å². The van der Waals surface area contributed by atoms with E-state index in [0.29, 0.717) is 5.92 Å². The molecule has 0 spiro atoms. The van der Waals surface area contributed by atoms with Gasteiger partial charge in [-0.2, -0.15) is 0 Å². The number of hydrogen-bond acceptors (Lipinski definition) is 3. The zero-order valence-corrected chi connectivity index (χ0v) is 9.40. The third kappa shape index (κ3) is 2.51. The first kappa shape index (κ1) is 10.7. The zero-order chi connectivity index (χ0) is 9.90. The van der Waals surface area contributed by atoms with Crippen molar-refractivity contribution in [1.82, 2.24) is 4.98 Å². The molecule has 0 aromatic carbocycles. The molecule has 0 aliphatic carbocycles. The highest BCUT2D eigenvalue weighted by Gasteiger charge is 2.27. The van der Waals surface area contributed by atoms with Gasteiger partial charge in [-0.1, -0.05) is 20.8 Å². The summed E-state index contributed by atoms with van der Waals surface area (Å²) in [5, 5.41) is 3.22. The van der Waals surface area contributed by atoms with E-state index in [2.05, 4.69) is 25.8 Å². The average Bonchev–Trinajstić information content (AvgIpc) is 2.56. The van der Waals surface area contributed by atoms with Gasteiger partial charge in [0.05, 0.1) is 5.01 Å². The molecule has 0 amide bonds. The predicted molar refractivity (Wildman–Crippen MR) is 57.8 cm³/mol. The van der Waals surface area contributed by atoms with E-state index in [-0.39, 0.29) is 5.41 Å². The number of hydrogen-bond donors (Lipinski definition) is 1. The van der Waals surface area contributed by atoms with Crippen LogP contribution in [0, 0.1) is 11.3 Å². The summed E-state index contributed by atoms with van der Waals surface area (Å²) in [5.74, 6) is 0.599. The minimum atomic E-state index is 0.192. The van der Waals surface area contributed by atoms with Gasteiger partial charge in [0, 0.05) is 18.0 Å². The molecule has 1 atom stereocenters. The zero-order valence-electron chi connectivity index (χ0n) is 8.58. The summed E-state index contributed by atoms with van der Waals surface area (Å²) < 4.78 is 0. The molecule has 0 saturated carbocycles. The summed E-state index contributed by atoms with van der Waals surface area (Å²) in [5.41, 5.74) is 5.99. The van der Waals surface area contributed by atoms with Crippen molar-refractivity contribution in [2.24, 2.45) is 17.1 Å². The van der Waals surface area contributed by atoms with Gasteiger partial charge < -0.3 is 5.73 Å². The van der Waals surface area contributed by atoms with E-state index in [1.165, 1.54) is 5.01 Å². The highest BCUT2D eigenvalue weighted by Crippen LogP contribution is 2.30. The van der Waals surface area contributed by atoms with E-state index in [1.54, 1.807) is 11.3 Å². The first-order valence-electron chi connectivity index (χ1n) is 4.67. The normalized spacial score (nSPS) is 16.1. The van der Waals surface area contributed by atoms with Gasteiger partial charge >= 0.3 is 0 Å². The number of thiazole rings is 1. The van der Waals surface area contributed by atoms with Crippen LogP contribution in [0.5, 0.6) is 0 Å². The molecule has 0 fully saturated rings. The van der Waals surface area contributed by atoms with Crippen molar-refractivity contribution in [3.8, 4) is 0 Å². The maximum atomic E-state index is 5.80. The summed E-state index contributed by atoms with van der Waals surface area (Å²) in [6.45, 7) is 7.41. The minimum Gasteiger partial charge on any atom is -0.330 e. The lowest BCUT2D eigenvalue weighted by molar-refractivity contribution is 0.227. The summed E-state index contributed by atoms with van der Waals surface area (Å²) in [6, 6.07) is 0. The third-order valence-corrected chi connectivity index (χ3v) is 3.68. The SMILES string of the molecule is CC(C)C(C)(CN)Cc1nccs1. The van der Waals surface area contributed by atoms with Crippen molar-refractivity contribution in [2.75, 3.05) is 6.54 Å². The number of rotatable bonds is 4. The van der Waals surface area contributed by atoms with Gasteiger partial charge in [0.15, 0.2) is 0 Å². The summed E-state index contributed by atoms with van der Waals surface area (Å²) in [7, 11) is 0. The Morgan fingerprint density at radius 1 is 1.62 bits per heavy atom. The summed E-state index contributed by atoms with van der Waals surface area (Å²) in [4.78, 5) is 4.29. The predicted octanol–water partition coefficient (Wildman–Crippen LogP) is 2.31. The monoisotopic (exact) mass is 198 g/mol. The molecule has 0 aliphatic heterocycles. The fourth-order valence-corrected chi connectivity index (χ4v) is 2.01. The van der Waals surface area contributed by atoms with Crippen LogP contribution in [-0.4, -0.2) is 11.5 Å². The van der Waals surface area contributed by atoms with Crippen LogP contribution in [0.15, 0.2) is 11.6 Å². The Kier molecular flexibility index (Phi) is 3.45. The van der Waals surface area contributed by atoms with Gasteiger partial charge in [0.2, 0.25) is 0 Å². The largest absolute Gasteiger partial charge is 0.330 e. The smallest absolute Gasteiger partial charge is 0.0930 e. The van der Waals surface area contributed by atoms with Crippen molar-refractivity contribution in [1.29, 1.82) is 0 Å². The quantitative estimate of drug-likeness (QED) is 0.806. The van der Waals surface area contributed by atoms with Crippen LogP contribution in [0.3, 0.4) is 0 Å². The number of nitrogens with two attached hydrogens (primary N) is 1. The van der Waals surface area contributed by atoms with Gasteiger partial charge in [-0.15, -0.1) is 11.3 Å². The standard InChI is InChI=1S/C10H18N2S/c1-8(2)10(3,7-11)6-9-12-4-5-13-9/h4-5,8H,6-7,11H2,1-3H3. The van der Waals surface area contributed by atoms with Crippen LogP contribution in [0.25, 0.3) is 0 Å². The lowest BCUT2D eigenvalue weighted by Gasteiger charge is -2.31. The van der Waals surface area contributed by atoms with E-state index in [9.17, 15) is 0 Å². The molecule has 2 nitrogen and oxygen atoms in total. The van der Waals surface area contributed by atoms with Crippen molar-refractivity contribution in [3.05, 3.63) is 16.6 Å². The van der Waals surface area contributed by atoms with Crippen LogP contribution in [-0.2, 0) is 6.42 Å². The van der Waals surface area contributed by atoms with E-state index in [1.807, 2.05) is 11.6 Å². The molecule has 1 aromatic rings. The minimum absolute atomic E-state index is 0.192. The molecule has 74 valence electrons. The Labute approximate surface area is 84.2 Å². The molecular weight excluding hydrogens is 180 g/mol. The van der Waals surface area contributed by atoms with Crippen molar-refractivity contribution in [2.45, 2.75) is 27.2 Å². The Balaban J connectivity index is 2.69. The van der Waals surface area contributed by atoms with E-state index in [4.69, 9.17) is 5.73 Å². The third-order valence-electron chi connectivity index (χ3n) is 2.90. The first-order chi connectivity index (χ1) is 6.08.